The first-order chi connectivity index (χ1) is 8.65. The number of hydrogen-bond acceptors (Lipinski definition) is 3. The van der Waals surface area contributed by atoms with Crippen molar-refractivity contribution >= 4 is 5.91 Å². The van der Waals surface area contributed by atoms with Crippen LogP contribution in [0.15, 0.2) is 24.3 Å². The Bertz CT molecular complexity index is 362. The fourth-order valence-electron chi connectivity index (χ4n) is 1.66. The Morgan fingerprint density at radius 2 is 2.06 bits per heavy atom. The van der Waals surface area contributed by atoms with Crippen molar-refractivity contribution in [2.75, 3.05) is 13.7 Å². The largest absolute Gasteiger partial charge is 0.497 e. The summed E-state index contributed by atoms with van der Waals surface area (Å²) in [5.41, 5.74) is 0.929. The van der Waals surface area contributed by atoms with Gasteiger partial charge in [0.1, 0.15) is 5.75 Å². The lowest BCUT2D eigenvalue weighted by Crippen LogP contribution is -2.33. The second-order valence-corrected chi connectivity index (χ2v) is 4.27. The maximum absolute atomic E-state index is 11.6. The molecule has 0 saturated heterocycles. The van der Waals surface area contributed by atoms with Gasteiger partial charge in [-0.1, -0.05) is 25.5 Å². The van der Waals surface area contributed by atoms with Crippen LogP contribution in [0.3, 0.4) is 0 Å². The van der Waals surface area contributed by atoms with Crippen LogP contribution in [0.1, 0.15) is 25.3 Å². The van der Waals surface area contributed by atoms with Crippen LogP contribution in [-0.2, 0) is 11.2 Å². The molecule has 0 aliphatic rings. The van der Waals surface area contributed by atoms with E-state index in [1.54, 1.807) is 7.11 Å². The first kappa shape index (κ1) is 14.5. The highest BCUT2D eigenvalue weighted by Gasteiger charge is 2.07. The van der Waals surface area contributed by atoms with Crippen LogP contribution < -0.4 is 10.1 Å². The molecule has 100 valence electrons. The number of rotatable bonds is 7. The van der Waals surface area contributed by atoms with E-state index < -0.39 is 6.10 Å². The number of carbonyl (C=O) groups is 1. The number of hydrogen-bond donors (Lipinski definition) is 2. The minimum Gasteiger partial charge on any atom is -0.497 e. The molecule has 1 amide bonds. The normalized spacial score (nSPS) is 11.9. The zero-order chi connectivity index (χ0) is 13.4. The summed E-state index contributed by atoms with van der Waals surface area (Å²) in [5.74, 6) is 0.702. The van der Waals surface area contributed by atoms with Gasteiger partial charge in [0.2, 0.25) is 5.91 Å². The van der Waals surface area contributed by atoms with E-state index in [1.165, 1.54) is 0 Å². The Morgan fingerprint density at radius 1 is 1.39 bits per heavy atom. The average molecular weight is 251 g/mol. The minimum atomic E-state index is -0.449. The molecule has 0 aliphatic carbocycles. The second kappa shape index (κ2) is 7.71. The third kappa shape index (κ3) is 5.19. The third-order valence-corrected chi connectivity index (χ3v) is 2.68. The summed E-state index contributed by atoms with van der Waals surface area (Å²) < 4.78 is 5.05. The Kier molecular flexibility index (Phi) is 6.22. The van der Waals surface area contributed by atoms with E-state index in [2.05, 4.69) is 5.32 Å². The van der Waals surface area contributed by atoms with Crippen LogP contribution >= 0.6 is 0 Å². The van der Waals surface area contributed by atoms with Crippen LogP contribution in [0.25, 0.3) is 0 Å². The van der Waals surface area contributed by atoms with Crippen molar-refractivity contribution < 1.29 is 14.6 Å². The highest BCUT2D eigenvalue weighted by molar-refractivity contribution is 5.78. The van der Waals surface area contributed by atoms with Gasteiger partial charge in [-0.05, 0) is 24.1 Å². The number of benzene rings is 1. The van der Waals surface area contributed by atoms with E-state index in [9.17, 15) is 9.90 Å². The van der Waals surface area contributed by atoms with Gasteiger partial charge >= 0.3 is 0 Å². The molecule has 1 aromatic rings. The highest BCUT2D eigenvalue weighted by atomic mass is 16.5. The van der Waals surface area contributed by atoms with Gasteiger partial charge < -0.3 is 15.2 Å². The summed E-state index contributed by atoms with van der Waals surface area (Å²) in [6.45, 7) is 2.32. The summed E-state index contributed by atoms with van der Waals surface area (Å²) in [5, 5.41) is 12.2. The van der Waals surface area contributed by atoms with E-state index in [0.29, 0.717) is 19.4 Å². The van der Waals surface area contributed by atoms with Crippen LogP contribution in [0.2, 0.25) is 0 Å². The topological polar surface area (TPSA) is 58.6 Å². The predicted molar refractivity (Wildman–Crippen MR) is 70.6 cm³/mol. The molecule has 0 heterocycles. The third-order valence-electron chi connectivity index (χ3n) is 2.68. The number of carbonyl (C=O) groups excluding carboxylic acids is 1. The van der Waals surface area contributed by atoms with Gasteiger partial charge in [-0.15, -0.1) is 0 Å². The quantitative estimate of drug-likeness (QED) is 0.772. The number of methoxy groups -OCH3 is 1. The molecule has 18 heavy (non-hydrogen) atoms. The second-order valence-electron chi connectivity index (χ2n) is 4.27. The van der Waals surface area contributed by atoms with Crippen LogP contribution in [-0.4, -0.2) is 30.8 Å². The van der Waals surface area contributed by atoms with Crippen molar-refractivity contribution in [3.63, 3.8) is 0 Å². The molecule has 0 fully saturated rings. The highest BCUT2D eigenvalue weighted by Crippen LogP contribution is 2.11. The molecule has 0 radical (unpaired) electrons. The van der Waals surface area contributed by atoms with Crippen molar-refractivity contribution in [3.05, 3.63) is 29.8 Å². The van der Waals surface area contributed by atoms with Gasteiger partial charge in [0, 0.05) is 6.54 Å². The Balaban J connectivity index is 2.35. The van der Waals surface area contributed by atoms with Gasteiger partial charge in [-0.2, -0.15) is 0 Å². The maximum atomic E-state index is 11.6. The minimum absolute atomic E-state index is 0.0738. The zero-order valence-electron chi connectivity index (χ0n) is 11.0. The number of aliphatic hydroxyl groups excluding tert-OH is 1. The van der Waals surface area contributed by atoms with Crippen molar-refractivity contribution in [2.45, 2.75) is 32.3 Å². The van der Waals surface area contributed by atoms with Gasteiger partial charge in [-0.25, -0.2) is 0 Å². The molecule has 1 unspecified atom stereocenters. The molecule has 1 rings (SSSR count). The lowest BCUT2D eigenvalue weighted by atomic mass is 10.1. The van der Waals surface area contributed by atoms with Gasteiger partial charge in [0.15, 0.2) is 0 Å². The molecule has 4 nitrogen and oxygen atoms in total. The fraction of sp³-hybridized carbons (Fsp3) is 0.500. The van der Waals surface area contributed by atoms with E-state index >= 15 is 0 Å². The summed E-state index contributed by atoms with van der Waals surface area (Å²) in [6.07, 6.45) is 1.50. The SMILES string of the molecule is CCCC(O)CNC(=O)Cc1ccc(OC)cc1. The van der Waals surface area contributed by atoms with Crippen LogP contribution in [0.5, 0.6) is 5.75 Å². The number of amides is 1. The lowest BCUT2D eigenvalue weighted by molar-refractivity contribution is -0.120. The van der Waals surface area contributed by atoms with E-state index in [0.717, 1.165) is 17.7 Å². The molecule has 0 saturated carbocycles. The van der Waals surface area contributed by atoms with E-state index in [1.807, 2.05) is 31.2 Å². The fourth-order valence-corrected chi connectivity index (χ4v) is 1.66. The Morgan fingerprint density at radius 3 is 2.61 bits per heavy atom. The van der Waals surface area contributed by atoms with Crippen molar-refractivity contribution in [3.8, 4) is 5.75 Å². The van der Waals surface area contributed by atoms with Crippen molar-refractivity contribution in [1.29, 1.82) is 0 Å². The molecule has 0 bridgehead atoms. The van der Waals surface area contributed by atoms with E-state index in [4.69, 9.17) is 4.74 Å². The Labute approximate surface area is 108 Å². The molecule has 4 heteroatoms. The van der Waals surface area contributed by atoms with Gasteiger partial charge in [0.25, 0.3) is 0 Å². The maximum Gasteiger partial charge on any atom is 0.224 e. The molecule has 1 aromatic carbocycles. The first-order valence-electron chi connectivity index (χ1n) is 6.23. The summed E-state index contributed by atoms with van der Waals surface area (Å²) in [7, 11) is 1.61. The zero-order valence-corrected chi connectivity index (χ0v) is 11.0. The number of nitrogens with one attached hydrogen (secondary N) is 1. The molecular formula is C14H21NO3. The van der Waals surface area contributed by atoms with Crippen molar-refractivity contribution in [1.82, 2.24) is 5.32 Å². The molecule has 0 aromatic heterocycles. The van der Waals surface area contributed by atoms with Gasteiger partial charge in [0.05, 0.1) is 19.6 Å². The average Bonchev–Trinajstić information content (AvgIpc) is 2.38. The van der Waals surface area contributed by atoms with Crippen molar-refractivity contribution in [2.24, 2.45) is 0 Å². The standard InChI is InChI=1S/C14H21NO3/c1-3-4-12(16)10-15-14(17)9-11-5-7-13(18-2)8-6-11/h5-8,12,16H,3-4,9-10H2,1-2H3,(H,15,17). The summed E-state index contributed by atoms with van der Waals surface area (Å²) in [6, 6.07) is 7.38. The molecule has 0 spiro atoms. The van der Waals surface area contributed by atoms with Crippen LogP contribution in [0, 0.1) is 0 Å². The molecular weight excluding hydrogens is 230 g/mol. The number of aliphatic hydroxyl groups is 1. The Hall–Kier alpha value is -1.55. The van der Waals surface area contributed by atoms with Gasteiger partial charge in [-0.3, -0.25) is 4.79 Å². The predicted octanol–water partition coefficient (Wildman–Crippen LogP) is 1.51. The number of ether oxygens (including phenoxy) is 1. The van der Waals surface area contributed by atoms with E-state index in [-0.39, 0.29) is 5.91 Å². The smallest absolute Gasteiger partial charge is 0.224 e. The van der Waals surface area contributed by atoms with Crippen LogP contribution in [0.4, 0.5) is 0 Å². The molecule has 1 atom stereocenters. The monoisotopic (exact) mass is 251 g/mol. The summed E-state index contributed by atoms with van der Waals surface area (Å²) in [4.78, 5) is 11.6. The molecule has 0 aliphatic heterocycles. The first-order valence-corrected chi connectivity index (χ1v) is 6.23. The lowest BCUT2D eigenvalue weighted by Gasteiger charge is -2.10. The molecule has 2 N–H and O–H groups in total. The summed E-state index contributed by atoms with van der Waals surface area (Å²) >= 11 is 0.